The molecule has 1 heterocycles. The molecule has 4 heteroatoms. The Balaban J connectivity index is 1.66. The van der Waals surface area contributed by atoms with Crippen molar-refractivity contribution < 1.29 is 9.53 Å². The molecule has 2 nitrogen and oxygen atoms in total. The highest BCUT2D eigenvalue weighted by atomic mass is 35.5. The maximum atomic E-state index is 13.7. The molecule has 31 heavy (non-hydrogen) atoms. The molecule has 0 amide bonds. The summed E-state index contributed by atoms with van der Waals surface area (Å²) in [6.07, 6.45) is 2.05. The molecule has 0 spiro atoms. The van der Waals surface area contributed by atoms with Gasteiger partial charge in [0.1, 0.15) is 11.5 Å². The summed E-state index contributed by atoms with van der Waals surface area (Å²) in [6, 6.07) is 25.3. The lowest BCUT2D eigenvalue weighted by Gasteiger charge is -2.14. The molecule has 5 rings (SSSR count). The van der Waals surface area contributed by atoms with Gasteiger partial charge in [-0.2, -0.15) is 0 Å². The van der Waals surface area contributed by atoms with Crippen LogP contribution in [-0.4, -0.2) is 5.78 Å². The molecule has 0 radical (unpaired) electrons. The molecule has 1 aliphatic carbocycles. The quantitative estimate of drug-likeness (QED) is 0.300. The number of ether oxygens (including phenoxy) is 1. The number of ketones is 1. The van der Waals surface area contributed by atoms with Crippen molar-refractivity contribution in [1.82, 2.24) is 0 Å². The first-order chi connectivity index (χ1) is 15.1. The SMILES string of the molecule is Cc1ccsc1C=C1C(=O)c2c(Oc3ccc(Cl)cc3)cccc2C1c1ccccc1. The molecule has 1 aromatic heterocycles. The lowest BCUT2D eigenvalue weighted by atomic mass is 9.89. The number of hydrogen-bond acceptors (Lipinski definition) is 3. The molecule has 0 saturated carbocycles. The van der Waals surface area contributed by atoms with Gasteiger partial charge in [-0.1, -0.05) is 54.1 Å². The van der Waals surface area contributed by atoms with Crippen molar-refractivity contribution in [3.05, 3.63) is 122 Å². The van der Waals surface area contributed by atoms with E-state index in [0.29, 0.717) is 22.1 Å². The molecule has 0 bridgehead atoms. The van der Waals surface area contributed by atoms with Crippen LogP contribution in [0.25, 0.3) is 6.08 Å². The van der Waals surface area contributed by atoms with E-state index in [1.165, 1.54) is 5.56 Å². The Labute approximate surface area is 190 Å². The lowest BCUT2D eigenvalue weighted by Crippen LogP contribution is -2.02. The lowest BCUT2D eigenvalue weighted by molar-refractivity contribution is 0.103. The molecule has 1 unspecified atom stereocenters. The average molecular weight is 443 g/mol. The summed E-state index contributed by atoms with van der Waals surface area (Å²) in [5, 5.41) is 2.70. The van der Waals surface area contributed by atoms with Gasteiger partial charge in [-0.15, -0.1) is 11.3 Å². The van der Waals surface area contributed by atoms with Crippen molar-refractivity contribution in [3.8, 4) is 11.5 Å². The van der Waals surface area contributed by atoms with Crippen LogP contribution in [0.3, 0.4) is 0 Å². The fourth-order valence-electron chi connectivity index (χ4n) is 4.02. The van der Waals surface area contributed by atoms with Gasteiger partial charge in [0.05, 0.1) is 5.56 Å². The second kappa shape index (κ2) is 8.18. The maximum absolute atomic E-state index is 13.7. The zero-order valence-corrected chi connectivity index (χ0v) is 18.4. The molecule has 3 aromatic carbocycles. The highest BCUT2D eigenvalue weighted by Crippen LogP contribution is 2.47. The van der Waals surface area contributed by atoms with Gasteiger partial charge in [0.15, 0.2) is 5.78 Å². The van der Waals surface area contributed by atoms with Crippen molar-refractivity contribution >= 4 is 34.8 Å². The number of Topliss-reactive ketones (excluding diaryl/α,β-unsaturated/α-hetero) is 1. The molecule has 0 N–H and O–H groups in total. The van der Waals surface area contributed by atoms with Gasteiger partial charge in [-0.05, 0) is 71.5 Å². The molecule has 0 fully saturated rings. The van der Waals surface area contributed by atoms with Crippen LogP contribution >= 0.6 is 22.9 Å². The number of aryl methyl sites for hydroxylation is 1. The third-order valence-corrected chi connectivity index (χ3v) is 6.75. The van der Waals surface area contributed by atoms with E-state index in [4.69, 9.17) is 16.3 Å². The van der Waals surface area contributed by atoms with Gasteiger partial charge >= 0.3 is 0 Å². The van der Waals surface area contributed by atoms with E-state index in [0.717, 1.165) is 21.6 Å². The van der Waals surface area contributed by atoms with Crippen molar-refractivity contribution in [1.29, 1.82) is 0 Å². The Morgan fingerprint density at radius 2 is 1.71 bits per heavy atom. The second-order valence-corrected chi connectivity index (χ2v) is 8.90. The number of fused-ring (bicyclic) bond motifs is 1. The van der Waals surface area contributed by atoms with E-state index >= 15 is 0 Å². The largest absolute Gasteiger partial charge is 0.457 e. The smallest absolute Gasteiger partial charge is 0.194 e. The minimum atomic E-state index is -0.126. The summed E-state index contributed by atoms with van der Waals surface area (Å²) in [6.45, 7) is 2.07. The molecule has 0 saturated heterocycles. The maximum Gasteiger partial charge on any atom is 0.194 e. The van der Waals surface area contributed by atoms with Crippen LogP contribution in [0.2, 0.25) is 5.02 Å². The third-order valence-electron chi connectivity index (χ3n) is 5.53. The average Bonchev–Trinajstić information content (AvgIpc) is 3.32. The fraction of sp³-hybridized carbons (Fsp3) is 0.0741. The molecule has 0 aliphatic heterocycles. The third kappa shape index (κ3) is 3.71. The van der Waals surface area contributed by atoms with Crippen LogP contribution in [0, 0.1) is 6.92 Å². The summed E-state index contributed by atoms with van der Waals surface area (Å²) < 4.78 is 6.13. The van der Waals surface area contributed by atoms with E-state index in [-0.39, 0.29) is 11.7 Å². The fourth-order valence-corrected chi connectivity index (χ4v) is 5.01. The molecular weight excluding hydrogens is 424 g/mol. The van der Waals surface area contributed by atoms with Gasteiger partial charge in [0.25, 0.3) is 0 Å². The second-order valence-electron chi connectivity index (χ2n) is 7.52. The zero-order chi connectivity index (χ0) is 21.4. The van der Waals surface area contributed by atoms with Gasteiger partial charge in [0.2, 0.25) is 0 Å². The topological polar surface area (TPSA) is 26.3 Å². The van der Waals surface area contributed by atoms with E-state index in [9.17, 15) is 4.79 Å². The van der Waals surface area contributed by atoms with Crippen LogP contribution in [0.4, 0.5) is 0 Å². The molecule has 1 atom stereocenters. The Hall–Kier alpha value is -3.14. The number of halogens is 1. The zero-order valence-electron chi connectivity index (χ0n) is 16.8. The van der Waals surface area contributed by atoms with E-state index in [1.807, 2.05) is 54.6 Å². The Bertz CT molecular complexity index is 1290. The summed E-state index contributed by atoms with van der Waals surface area (Å²) in [5.74, 6) is 1.10. The number of carbonyl (C=O) groups is 1. The first-order valence-corrected chi connectivity index (χ1v) is 11.3. The normalized spacial score (nSPS) is 16.5. The van der Waals surface area contributed by atoms with Gasteiger partial charge in [0, 0.05) is 21.4 Å². The standard InChI is InChI=1S/C27H19ClO2S/c1-17-14-15-31-24(17)16-22-25(18-6-3-2-4-7-18)21-8-5-9-23(26(21)27(22)29)30-20-12-10-19(28)11-13-20/h2-16,25H,1H3. The highest BCUT2D eigenvalue weighted by molar-refractivity contribution is 7.11. The van der Waals surface area contributed by atoms with Gasteiger partial charge < -0.3 is 4.74 Å². The predicted molar refractivity (Wildman–Crippen MR) is 128 cm³/mol. The number of rotatable bonds is 4. The van der Waals surface area contributed by atoms with Crippen LogP contribution in [0.5, 0.6) is 11.5 Å². The van der Waals surface area contributed by atoms with Gasteiger partial charge in [-0.25, -0.2) is 0 Å². The summed E-state index contributed by atoms with van der Waals surface area (Å²) in [4.78, 5) is 14.8. The number of carbonyl (C=O) groups excluding carboxylic acids is 1. The number of benzene rings is 3. The number of allylic oxidation sites excluding steroid dienone is 1. The monoisotopic (exact) mass is 442 g/mol. The van der Waals surface area contributed by atoms with Crippen molar-refractivity contribution in [2.24, 2.45) is 0 Å². The summed E-state index contributed by atoms with van der Waals surface area (Å²) in [7, 11) is 0. The minimum Gasteiger partial charge on any atom is -0.457 e. The molecule has 1 aliphatic rings. The summed E-state index contributed by atoms with van der Waals surface area (Å²) in [5.41, 5.74) is 4.65. The van der Waals surface area contributed by atoms with Crippen molar-refractivity contribution in [2.45, 2.75) is 12.8 Å². The first-order valence-electron chi connectivity index (χ1n) is 10.0. The Kier molecular flexibility index (Phi) is 5.23. The van der Waals surface area contributed by atoms with E-state index < -0.39 is 0 Å². The first kappa shape index (κ1) is 19.8. The Morgan fingerprint density at radius 3 is 2.42 bits per heavy atom. The predicted octanol–water partition coefficient (Wildman–Crippen LogP) is 7.91. The molecule has 152 valence electrons. The van der Waals surface area contributed by atoms with Crippen LogP contribution in [0.15, 0.2) is 89.8 Å². The van der Waals surface area contributed by atoms with Crippen LogP contribution in [-0.2, 0) is 0 Å². The van der Waals surface area contributed by atoms with E-state index in [1.54, 1.807) is 23.5 Å². The molecule has 4 aromatic rings. The van der Waals surface area contributed by atoms with Gasteiger partial charge in [-0.3, -0.25) is 4.79 Å². The van der Waals surface area contributed by atoms with Crippen LogP contribution < -0.4 is 4.74 Å². The van der Waals surface area contributed by atoms with E-state index in [2.05, 4.69) is 30.5 Å². The summed E-state index contributed by atoms with van der Waals surface area (Å²) >= 11 is 7.65. The Morgan fingerprint density at radius 1 is 0.935 bits per heavy atom. The molecular formula is C27H19ClO2S. The minimum absolute atomic E-state index is 0.0150. The van der Waals surface area contributed by atoms with Crippen molar-refractivity contribution in [3.63, 3.8) is 0 Å². The van der Waals surface area contributed by atoms with Crippen molar-refractivity contribution in [2.75, 3.05) is 0 Å². The number of hydrogen-bond donors (Lipinski definition) is 0. The number of thiophene rings is 1. The van der Waals surface area contributed by atoms with Crippen LogP contribution in [0.1, 0.15) is 37.8 Å². The highest BCUT2D eigenvalue weighted by Gasteiger charge is 2.38.